The maximum Gasteiger partial charge on any atom is 0.310 e. The van der Waals surface area contributed by atoms with E-state index in [4.69, 9.17) is 0 Å². The largest absolute Gasteiger partial charge is 0.481 e. The normalized spacial score (nSPS) is 55.9. The zero-order chi connectivity index (χ0) is 26.9. The molecule has 4 fully saturated rings. The Kier molecular flexibility index (Phi) is 5.45. The molecule has 6 heteroatoms. The summed E-state index contributed by atoms with van der Waals surface area (Å²) >= 11 is 0. The summed E-state index contributed by atoms with van der Waals surface area (Å²) < 4.78 is 0. The molecule has 202 valence electrons. The molecule has 2 unspecified atom stereocenters. The number of carboxylic acids is 1. The fourth-order valence-corrected chi connectivity index (χ4v) is 10.7. The number of hydrogen-bond donors (Lipinski definition) is 4. The number of carbonyl (C=O) groups excluding carboxylic acids is 1. The third-order valence-electron chi connectivity index (χ3n) is 13.4. The second-order valence-corrected chi connectivity index (χ2v) is 14.7. The smallest absolute Gasteiger partial charge is 0.310 e. The highest BCUT2D eigenvalue weighted by molar-refractivity contribution is 5.91. The SMILES string of the molecule is C[C@@H]1CC[C@]2(C(=O)O)CC[C@]3(C)C(=CC[C@@H]4[C@@]5(C)C(=O)[C@@H](O)C(O)C(C)(C)C5CC[C@]43C)[C@@H]2[C@]1(C)O. The van der Waals surface area contributed by atoms with E-state index in [-0.39, 0.29) is 34.4 Å². The quantitative estimate of drug-likeness (QED) is 0.396. The second kappa shape index (κ2) is 7.45. The van der Waals surface area contributed by atoms with Crippen molar-refractivity contribution in [3.8, 4) is 0 Å². The topological polar surface area (TPSA) is 115 Å². The van der Waals surface area contributed by atoms with Gasteiger partial charge in [-0.15, -0.1) is 0 Å². The van der Waals surface area contributed by atoms with Crippen LogP contribution in [0.25, 0.3) is 0 Å². The number of aliphatic carboxylic acids is 1. The van der Waals surface area contributed by atoms with Gasteiger partial charge in [0, 0.05) is 11.3 Å². The molecule has 0 heterocycles. The fraction of sp³-hybridized carbons (Fsp3) is 0.867. The third kappa shape index (κ3) is 2.74. The highest BCUT2D eigenvalue weighted by atomic mass is 16.4. The molecule has 11 atom stereocenters. The van der Waals surface area contributed by atoms with Crippen molar-refractivity contribution in [3.05, 3.63) is 11.6 Å². The van der Waals surface area contributed by atoms with Gasteiger partial charge in [0.15, 0.2) is 5.78 Å². The molecule has 0 aliphatic heterocycles. The Bertz CT molecular complexity index is 1030. The van der Waals surface area contributed by atoms with E-state index >= 15 is 0 Å². The lowest BCUT2D eigenvalue weighted by atomic mass is 9.32. The molecule has 0 radical (unpaired) electrons. The molecule has 0 aromatic rings. The van der Waals surface area contributed by atoms with Gasteiger partial charge in [-0.25, -0.2) is 0 Å². The zero-order valence-corrected chi connectivity index (χ0v) is 23.1. The Labute approximate surface area is 215 Å². The molecule has 0 bridgehead atoms. The van der Waals surface area contributed by atoms with Crippen LogP contribution in [0.5, 0.6) is 0 Å². The lowest BCUT2D eigenvalue weighted by molar-refractivity contribution is -0.227. The summed E-state index contributed by atoms with van der Waals surface area (Å²) in [6.45, 7) is 14.4. The molecule has 6 nitrogen and oxygen atoms in total. The zero-order valence-electron chi connectivity index (χ0n) is 23.1. The summed E-state index contributed by atoms with van der Waals surface area (Å²) in [7, 11) is 0. The van der Waals surface area contributed by atoms with Gasteiger partial charge in [0.05, 0.1) is 17.1 Å². The van der Waals surface area contributed by atoms with Crippen LogP contribution in [0.3, 0.4) is 0 Å². The Morgan fingerprint density at radius 2 is 1.58 bits per heavy atom. The van der Waals surface area contributed by atoms with E-state index in [2.05, 4.69) is 19.9 Å². The molecular formula is C30H46O6. The van der Waals surface area contributed by atoms with Crippen LogP contribution in [0, 0.1) is 50.7 Å². The number of ketones is 1. The van der Waals surface area contributed by atoms with Crippen LogP contribution in [-0.2, 0) is 9.59 Å². The predicted octanol–water partition coefficient (Wildman–Crippen LogP) is 4.35. The number of aliphatic hydroxyl groups excluding tert-OH is 2. The molecule has 0 spiro atoms. The summed E-state index contributed by atoms with van der Waals surface area (Å²) in [6.07, 6.45) is 4.48. The van der Waals surface area contributed by atoms with Gasteiger partial charge in [0.2, 0.25) is 0 Å². The van der Waals surface area contributed by atoms with E-state index in [9.17, 15) is 30.0 Å². The number of aliphatic hydroxyl groups is 3. The van der Waals surface area contributed by atoms with Gasteiger partial charge >= 0.3 is 5.97 Å². The Morgan fingerprint density at radius 3 is 2.19 bits per heavy atom. The standard InChI is InChI=1S/C30H46O6/c1-16-10-13-30(24(34)35)15-14-26(4)17(21(30)29(16,7)36)8-9-19-27(26,5)12-11-18-25(2,3)22(32)20(31)23(33)28(18,19)6/h8,16,18-22,31-32,36H,9-15H2,1-7H3,(H,34,35)/t16-,18?,19+,20+,21-,22?,26-,27-,28+,29-,30+/m1/s1. The number of rotatable bonds is 1. The highest BCUT2D eigenvalue weighted by Crippen LogP contribution is 2.75. The van der Waals surface area contributed by atoms with E-state index in [0.717, 1.165) is 18.4 Å². The minimum absolute atomic E-state index is 0.00522. The first-order chi connectivity index (χ1) is 16.4. The van der Waals surface area contributed by atoms with E-state index < -0.39 is 45.9 Å². The molecule has 4 saturated carbocycles. The van der Waals surface area contributed by atoms with E-state index in [1.807, 2.05) is 34.6 Å². The van der Waals surface area contributed by atoms with Crippen LogP contribution in [0.15, 0.2) is 11.6 Å². The van der Waals surface area contributed by atoms with Gasteiger partial charge in [-0.2, -0.15) is 0 Å². The molecule has 0 saturated heterocycles. The highest BCUT2D eigenvalue weighted by Gasteiger charge is 2.73. The van der Waals surface area contributed by atoms with Gasteiger partial charge in [-0.1, -0.05) is 53.2 Å². The molecular weight excluding hydrogens is 456 g/mol. The number of allylic oxidation sites excluding steroid dienone is 1. The van der Waals surface area contributed by atoms with Crippen LogP contribution in [0.1, 0.15) is 93.4 Å². The van der Waals surface area contributed by atoms with Crippen molar-refractivity contribution in [2.24, 2.45) is 50.7 Å². The van der Waals surface area contributed by atoms with Crippen molar-refractivity contribution in [1.29, 1.82) is 0 Å². The van der Waals surface area contributed by atoms with E-state index in [1.165, 1.54) is 0 Å². The number of carbonyl (C=O) groups is 2. The number of Topliss-reactive ketones (excluding diaryl/α,β-unsaturated/α-hetero) is 1. The van der Waals surface area contributed by atoms with Gasteiger partial charge in [-0.3, -0.25) is 9.59 Å². The lowest BCUT2D eigenvalue weighted by Gasteiger charge is -2.71. The predicted molar refractivity (Wildman–Crippen MR) is 136 cm³/mol. The molecule has 5 aliphatic carbocycles. The van der Waals surface area contributed by atoms with Gasteiger partial charge in [-0.05, 0) is 85.9 Å². The minimum Gasteiger partial charge on any atom is -0.481 e. The lowest BCUT2D eigenvalue weighted by Crippen LogP contribution is -2.71. The van der Waals surface area contributed by atoms with Crippen molar-refractivity contribution in [2.45, 2.75) is 111 Å². The van der Waals surface area contributed by atoms with Crippen molar-refractivity contribution in [3.63, 3.8) is 0 Å². The summed E-state index contributed by atoms with van der Waals surface area (Å²) in [6, 6.07) is 0. The maximum absolute atomic E-state index is 13.8. The molecule has 5 aliphatic rings. The molecule has 0 aromatic carbocycles. The second-order valence-electron chi connectivity index (χ2n) is 14.7. The first kappa shape index (κ1) is 26.4. The summed E-state index contributed by atoms with van der Waals surface area (Å²) in [5, 5.41) is 44.1. The molecule has 36 heavy (non-hydrogen) atoms. The van der Waals surface area contributed by atoms with Gasteiger partial charge < -0.3 is 20.4 Å². The molecule has 0 amide bonds. The number of hydrogen-bond acceptors (Lipinski definition) is 5. The average Bonchev–Trinajstić information content (AvgIpc) is 2.79. The monoisotopic (exact) mass is 502 g/mol. The van der Waals surface area contributed by atoms with Crippen molar-refractivity contribution < 1.29 is 30.0 Å². The average molecular weight is 503 g/mol. The maximum atomic E-state index is 13.8. The van der Waals surface area contributed by atoms with Crippen molar-refractivity contribution in [1.82, 2.24) is 0 Å². The van der Waals surface area contributed by atoms with Crippen LogP contribution in [0.2, 0.25) is 0 Å². The molecule has 4 N–H and O–H groups in total. The Hall–Kier alpha value is -1.24. The van der Waals surface area contributed by atoms with Gasteiger partial charge in [0.1, 0.15) is 6.10 Å². The van der Waals surface area contributed by atoms with Gasteiger partial charge in [0.25, 0.3) is 0 Å². The summed E-state index contributed by atoms with van der Waals surface area (Å²) in [5.41, 5.74) is -3.05. The number of fused-ring (bicyclic) bond motifs is 7. The third-order valence-corrected chi connectivity index (χ3v) is 13.4. The van der Waals surface area contributed by atoms with E-state index in [0.29, 0.717) is 32.1 Å². The van der Waals surface area contributed by atoms with Crippen LogP contribution in [0.4, 0.5) is 0 Å². The number of carboxylic acid groups (broad SMARTS) is 1. The van der Waals surface area contributed by atoms with Crippen LogP contribution < -0.4 is 0 Å². The van der Waals surface area contributed by atoms with Crippen LogP contribution in [-0.4, -0.2) is 50.0 Å². The minimum atomic E-state index is -1.40. The van der Waals surface area contributed by atoms with Crippen molar-refractivity contribution >= 4 is 11.8 Å². The first-order valence-electron chi connectivity index (χ1n) is 14.0. The van der Waals surface area contributed by atoms with Crippen LogP contribution >= 0.6 is 0 Å². The Balaban J connectivity index is 1.68. The summed E-state index contributed by atoms with van der Waals surface area (Å²) in [4.78, 5) is 26.6. The Morgan fingerprint density at radius 1 is 0.944 bits per heavy atom. The molecule has 5 rings (SSSR count). The van der Waals surface area contributed by atoms with E-state index in [1.54, 1.807) is 0 Å². The fourth-order valence-electron chi connectivity index (χ4n) is 10.7. The molecule has 0 aromatic heterocycles. The first-order valence-corrected chi connectivity index (χ1v) is 14.0. The summed E-state index contributed by atoms with van der Waals surface area (Å²) in [5.74, 6) is -1.59. The van der Waals surface area contributed by atoms with Crippen molar-refractivity contribution in [2.75, 3.05) is 0 Å².